The number of nitrogens with one attached hydrogen (secondary N) is 2. The maximum absolute atomic E-state index is 12.2. The Morgan fingerprint density at radius 3 is 2.72 bits per heavy atom. The second-order valence-corrected chi connectivity index (χ2v) is 6.14. The highest BCUT2D eigenvalue weighted by molar-refractivity contribution is 8.00. The van der Waals surface area contributed by atoms with Crippen LogP contribution in [0.15, 0.2) is 18.2 Å². The lowest BCUT2D eigenvalue weighted by Crippen LogP contribution is -2.32. The van der Waals surface area contributed by atoms with Gasteiger partial charge in [0.15, 0.2) is 0 Å². The molecule has 1 aromatic rings. The summed E-state index contributed by atoms with van der Waals surface area (Å²) in [6.07, 6.45) is 4.53. The third-order valence-electron chi connectivity index (χ3n) is 3.50. The van der Waals surface area contributed by atoms with Gasteiger partial charge in [0.1, 0.15) is 0 Å². The van der Waals surface area contributed by atoms with Crippen molar-refractivity contribution in [3.8, 4) is 0 Å². The van der Waals surface area contributed by atoms with E-state index in [1.807, 2.05) is 43.9 Å². The van der Waals surface area contributed by atoms with Gasteiger partial charge < -0.3 is 10.6 Å². The van der Waals surface area contributed by atoms with Crippen molar-refractivity contribution in [1.82, 2.24) is 5.32 Å². The summed E-state index contributed by atoms with van der Waals surface area (Å²) in [6, 6.07) is 5.89. The van der Waals surface area contributed by atoms with E-state index >= 15 is 0 Å². The third kappa shape index (κ3) is 2.80. The Labute approximate surface area is 113 Å². The second-order valence-electron chi connectivity index (χ2n) is 4.87. The largest absolute Gasteiger partial charge is 0.387 e. The maximum atomic E-state index is 12.2. The van der Waals surface area contributed by atoms with Gasteiger partial charge in [-0.15, -0.1) is 0 Å². The second kappa shape index (κ2) is 5.22. The van der Waals surface area contributed by atoms with Crippen LogP contribution in [0.5, 0.6) is 0 Å². The molecule has 18 heavy (non-hydrogen) atoms. The lowest BCUT2D eigenvalue weighted by Gasteiger charge is -2.15. The Morgan fingerprint density at radius 1 is 1.44 bits per heavy atom. The summed E-state index contributed by atoms with van der Waals surface area (Å²) in [6.45, 7) is 2.77. The zero-order valence-electron chi connectivity index (χ0n) is 11.2. The zero-order valence-corrected chi connectivity index (χ0v) is 12.0. The minimum Gasteiger partial charge on any atom is -0.387 e. The molecule has 4 heteroatoms. The summed E-state index contributed by atoms with van der Waals surface area (Å²) >= 11 is 1.86. The topological polar surface area (TPSA) is 41.1 Å². The molecule has 0 spiro atoms. The maximum Gasteiger partial charge on any atom is 0.253 e. The van der Waals surface area contributed by atoms with E-state index in [-0.39, 0.29) is 5.91 Å². The molecule has 1 amide bonds. The molecule has 0 heterocycles. The average molecular weight is 264 g/mol. The van der Waals surface area contributed by atoms with Crippen molar-refractivity contribution in [2.24, 2.45) is 0 Å². The molecule has 0 bridgehead atoms. The van der Waals surface area contributed by atoms with E-state index in [0.29, 0.717) is 4.75 Å². The lowest BCUT2D eigenvalue weighted by molar-refractivity contribution is 0.0953. The summed E-state index contributed by atoms with van der Waals surface area (Å²) in [7, 11) is 1.84. The number of benzene rings is 1. The number of thioether (sulfide) groups is 1. The third-order valence-corrected chi connectivity index (χ3v) is 4.92. The van der Waals surface area contributed by atoms with Crippen LogP contribution < -0.4 is 10.6 Å². The van der Waals surface area contributed by atoms with Crippen LogP contribution in [0.25, 0.3) is 0 Å². The summed E-state index contributed by atoms with van der Waals surface area (Å²) in [5.41, 5.74) is 2.71. The van der Waals surface area contributed by atoms with E-state index in [1.54, 1.807) is 0 Å². The first-order valence-electron chi connectivity index (χ1n) is 6.22. The van der Waals surface area contributed by atoms with Crippen molar-refractivity contribution < 1.29 is 4.79 Å². The number of aryl methyl sites for hydroxylation is 1. The van der Waals surface area contributed by atoms with Crippen LogP contribution in [0.2, 0.25) is 0 Å². The minimum atomic E-state index is 0.0170. The van der Waals surface area contributed by atoms with Gasteiger partial charge in [-0.25, -0.2) is 0 Å². The standard InChI is InChI=1S/C14H20N2OS/c1-10-4-5-12(15-2)11(8-10)13(17)16-9-14(18-3)6-7-14/h4-5,8,15H,6-7,9H2,1-3H3,(H,16,17). The molecule has 1 saturated carbocycles. The fraction of sp³-hybridized carbons (Fsp3) is 0.500. The van der Waals surface area contributed by atoms with Crippen LogP contribution >= 0.6 is 11.8 Å². The van der Waals surface area contributed by atoms with Crippen LogP contribution in [-0.2, 0) is 0 Å². The number of hydrogen-bond acceptors (Lipinski definition) is 3. The summed E-state index contributed by atoms with van der Waals surface area (Å²) in [5, 5.41) is 6.12. The molecular weight excluding hydrogens is 244 g/mol. The fourth-order valence-corrected chi connectivity index (χ4v) is 2.72. The molecule has 1 aliphatic rings. The number of hydrogen-bond donors (Lipinski definition) is 2. The van der Waals surface area contributed by atoms with E-state index < -0.39 is 0 Å². The van der Waals surface area contributed by atoms with Gasteiger partial charge in [-0.05, 0) is 38.2 Å². The Morgan fingerprint density at radius 2 is 2.17 bits per heavy atom. The van der Waals surface area contributed by atoms with Crippen LogP contribution in [-0.4, -0.2) is 30.5 Å². The van der Waals surface area contributed by atoms with Crippen molar-refractivity contribution >= 4 is 23.4 Å². The molecule has 1 aromatic carbocycles. The van der Waals surface area contributed by atoms with E-state index in [2.05, 4.69) is 16.9 Å². The summed E-state index contributed by atoms with van der Waals surface area (Å²) < 4.78 is 0.305. The SMILES string of the molecule is CNc1ccc(C)cc1C(=O)NCC1(SC)CC1. The zero-order chi connectivity index (χ0) is 13.2. The molecule has 1 aliphatic carbocycles. The summed E-state index contributed by atoms with van der Waals surface area (Å²) in [5.74, 6) is 0.0170. The van der Waals surface area contributed by atoms with Crippen LogP contribution in [0.4, 0.5) is 5.69 Å². The Balaban J connectivity index is 2.06. The molecule has 3 nitrogen and oxygen atoms in total. The van der Waals surface area contributed by atoms with E-state index in [9.17, 15) is 4.79 Å². The Kier molecular flexibility index (Phi) is 3.85. The highest BCUT2D eigenvalue weighted by Crippen LogP contribution is 2.46. The van der Waals surface area contributed by atoms with Crippen molar-refractivity contribution in [2.75, 3.05) is 25.2 Å². The van der Waals surface area contributed by atoms with Gasteiger partial charge in [0.25, 0.3) is 5.91 Å². The van der Waals surface area contributed by atoms with Gasteiger partial charge in [-0.2, -0.15) is 11.8 Å². The first-order valence-corrected chi connectivity index (χ1v) is 7.44. The number of carbonyl (C=O) groups excluding carboxylic acids is 1. The highest BCUT2D eigenvalue weighted by Gasteiger charge is 2.42. The van der Waals surface area contributed by atoms with Crippen molar-refractivity contribution in [3.05, 3.63) is 29.3 Å². The molecule has 0 aliphatic heterocycles. The highest BCUT2D eigenvalue weighted by atomic mass is 32.2. The van der Waals surface area contributed by atoms with E-state index in [0.717, 1.165) is 23.4 Å². The van der Waals surface area contributed by atoms with Crippen molar-refractivity contribution in [1.29, 1.82) is 0 Å². The molecule has 0 unspecified atom stereocenters. The van der Waals surface area contributed by atoms with Crippen molar-refractivity contribution in [2.45, 2.75) is 24.5 Å². The Bertz CT molecular complexity index is 455. The monoisotopic (exact) mass is 264 g/mol. The smallest absolute Gasteiger partial charge is 0.253 e. The molecule has 0 aromatic heterocycles. The van der Waals surface area contributed by atoms with Crippen LogP contribution in [0.3, 0.4) is 0 Å². The summed E-state index contributed by atoms with van der Waals surface area (Å²) in [4.78, 5) is 12.2. The molecular formula is C14H20N2OS. The molecule has 98 valence electrons. The van der Waals surface area contributed by atoms with Gasteiger partial charge in [-0.3, -0.25) is 4.79 Å². The first-order chi connectivity index (χ1) is 8.60. The van der Waals surface area contributed by atoms with Crippen molar-refractivity contribution in [3.63, 3.8) is 0 Å². The predicted octanol–water partition coefficient (Wildman–Crippen LogP) is 2.66. The average Bonchev–Trinajstić information content (AvgIpc) is 3.16. The van der Waals surface area contributed by atoms with Crippen LogP contribution in [0.1, 0.15) is 28.8 Å². The number of amides is 1. The molecule has 1 fully saturated rings. The number of carbonyl (C=O) groups is 1. The Hall–Kier alpha value is -1.16. The lowest BCUT2D eigenvalue weighted by atomic mass is 10.1. The van der Waals surface area contributed by atoms with Gasteiger partial charge in [-0.1, -0.05) is 11.6 Å². The normalized spacial score (nSPS) is 16.2. The quantitative estimate of drug-likeness (QED) is 0.859. The van der Waals surface area contributed by atoms with Gasteiger partial charge in [0.2, 0.25) is 0 Å². The van der Waals surface area contributed by atoms with E-state index in [1.165, 1.54) is 12.8 Å². The van der Waals surface area contributed by atoms with E-state index in [4.69, 9.17) is 0 Å². The molecule has 2 rings (SSSR count). The molecule has 0 radical (unpaired) electrons. The minimum absolute atomic E-state index is 0.0170. The predicted molar refractivity (Wildman–Crippen MR) is 78.5 cm³/mol. The van der Waals surface area contributed by atoms with Gasteiger partial charge in [0, 0.05) is 24.0 Å². The molecule has 0 saturated heterocycles. The number of rotatable bonds is 5. The van der Waals surface area contributed by atoms with Gasteiger partial charge >= 0.3 is 0 Å². The molecule has 0 atom stereocenters. The first kappa shape index (κ1) is 13.3. The molecule has 2 N–H and O–H groups in total. The van der Waals surface area contributed by atoms with Gasteiger partial charge in [0.05, 0.1) is 5.56 Å². The van der Waals surface area contributed by atoms with Crippen LogP contribution in [0, 0.1) is 6.92 Å². The fourth-order valence-electron chi connectivity index (χ4n) is 1.99. The number of anilines is 1.